The fourth-order valence-electron chi connectivity index (χ4n) is 2.38. The highest BCUT2D eigenvalue weighted by Crippen LogP contribution is 2.39. The molecule has 0 spiro atoms. The summed E-state index contributed by atoms with van der Waals surface area (Å²) in [5.74, 6) is 1.35. The lowest BCUT2D eigenvalue weighted by Gasteiger charge is -2.04. The first kappa shape index (κ1) is 14.6. The van der Waals surface area contributed by atoms with E-state index in [4.69, 9.17) is 11.6 Å². The van der Waals surface area contributed by atoms with Crippen molar-refractivity contribution in [3.8, 4) is 0 Å². The quantitative estimate of drug-likeness (QED) is 0.770. The van der Waals surface area contributed by atoms with Crippen LogP contribution in [-0.2, 0) is 6.42 Å². The molecule has 4 rings (SSSR count). The van der Waals surface area contributed by atoms with Crippen molar-refractivity contribution in [2.24, 2.45) is 0 Å². The highest BCUT2D eigenvalue weighted by molar-refractivity contribution is 7.16. The molecule has 0 saturated heterocycles. The normalized spacial score (nSPS) is 14.3. The average Bonchev–Trinajstić information content (AvgIpc) is 3.18. The molecule has 0 bridgehead atoms. The standard InChI is InChI=1S/C15H14ClN5OS/c16-11-3-1-2-10(8-11)14(22)17-7-6-12-20-21-13(9-4-5-9)18-19-15(21)23-12/h1-3,8-9H,4-7H2,(H,17,22). The molecule has 1 aromatic carbocycles. The molecule has 1 fully saturated rings. The molecule has 23 heavy (non-hydrogen) atoms. The fraction of sp³-hybridized carbons (Fsp3) is 0.333. The minimum Gasteiger partial charge on any atom is -0.352 e. The van der Waals surface area contributed by atoms with E-state index in [1.807, 2.05) is 4.52 Å². The van der Waals surface area contributed by atoms with Crippen molar-refractivity contribution < 1.29 is 4.79 Å². The number of hydrogen-bond acceptors (Lipinski definition) is 5. The second kappa shape index (κ2) is 5.90. The van der Waals surface area contributed by atoms with Crippen molar-refractivity contribution >= 4 is 33.8 Å². The van der Waals surface area contributed by atoms with E-state index < -0.39 is 0 Å². The molecule has 3 aromatic rings. The number of carbonyl (C=O) groups is 1. The third-order valence-electron chi connectivity index (χ3n) is 3.71. The summed E-state index contributed by atoms with van der Waals surface area (Å²) in [6, 6.07) is 6.91. The van der Waals surface area contributed by atoms with Crippen LogP contribution in [0.3, 0.4) is 0 Å². The summed E-state index contributed by atoms with van der Waals surface area (Å²) in [5, 5.41) is 17.3. The van der Waals surface area contributed by atoms with Gasteiger partial charge in [0.05, 0.1) is 0 Å². The summed E-state index contributed by atoms with van der Waals surface area (Å²) in [6.07, 6.45) is 3.01. The zero-order chi connectivity index (χ0) is 15.8. The van der Waals surface area contributed by atoms with Crippen LogP contribution in [0, 0.1) is 0 Å². The van der Waals surface area contributed by atoms with Crippen molar-refractivity contribution in [3.05, 3.63) is 45.7 Å². The Morgan fingerprint density at radius 2 is 2.26 bits per heavy atom. The second-order valence-corrected chi connectivity index (χ2v) is 7.02. The molecule has 0 aliphatic heterocycles. The molecule has 2 heterocycles. The Bertz CT molecular complexity index is 870. The van der Waals surface area contributed by atoms with Gasteiger partial charge in [-0.2, -0.15) is 9.61 Å². The molecule has 2 aromatic heterocycles. The number of rotatable bonds is 5. The summed E-state index contributed by atoms with van der Waals surface area (Å²) < 4.78 is 1.84. The van der Waals surface area contributed by atoms with E-state index in [9.17, 15) is 4.79 Å². The lowest BCUT2D eigenvalue weighted by molar-refractivity contribution is 0.0954. The number of nitrogens with zero attached hydrogens (tertiary/aromatic N) is 4. The first-order valence-corrected chi connectivity index (χ1v) is 8.65. The fourth-order valence-corrected chi connectivity index (χ4v) is 3.41. The molecule has 1 N–H and O–H groups in total. The predicted molar refractivity (Wildman–Crippen MR) is 88.1 cm³/mol. The van der Waals surface area contributed by atoms with Gasteiger partial charge in [-0.1, -0.05) is 29.0 Å². The molecular weight excluding hydrogens is 334 g/mol. The van der Waals surface area contributed by atoms with E-state index in [2.05, 4.69) is 20.6 Å². The predicted octanol–water partition coefficient (Wildman–Crippen LogP) is 2.69. The largest absolute Gasteiger partial charge is 0.352 e. The summed E-state index contributed by atoms with van der Waals surface area (Å²) in [7, 11) is 0. The van der Waals surface area contributed by atoms with E-state index in [0.717, 1.165) is 15.8 Å². The highest BCUT2D eigenvalue weighted by atomic mass is 35.5. The Morgan fingerprint density at radius 3 is 3.04 bits per heavy atom. The average molecular weight is 348 g/mol. The molecule has 0 unspecified atom stereocenters. The van der Waals surface area contributed by atoms with Gasteiger partial charge in [0.25, 0.3) is 5.91 Å². The van der Waals surface area contributed by atoms with Gasteiger partial charge in [-0.25, -0.2) is 0 Å². The third-order valence-corrected chi connectivity index (χ3v) is 4.90. The molecule has 0 atom stereocenters. The SMILES string of the molecule is O=C(NCCc1nn2c(C3CC3)nnc2s1)c1cccc(Cl)c1. The molecule has 1 saturated carbocycles. The third kappa shape index (κ3) is 3.07. The Kier molecular flexibility index (Phi) is 3.74. The van der Waals surface area contributed by atoms with Crippen LogP contribution in [0.1, 0.15) is 39.9 Å². The second-order valence-electron chi connectivity index (χ2n) is 5.54. The number of carbonyl (C=O) groups excluding carboxylic acids is 1. The van der Waals surface area contributed by atoms with Crippen LogP contribution in [0.4, 0.5) is 0 Å². The molecule has 6 nitrogen and oxygen atoms in total. The maximum absolute atomic E-state index is 12.0. The zero-order valence-electron chi connectivity index (χ0n) is 12.2. The summed E-state index contributed by atoms with van der Waals surface area (Å²) >= 11 is 7.41. The number of aromatic nitrogens is 4. The molecular formula is C15H14ClN5OS. The van der Waals surface area contributed by atoms with Crippen LogP contribution in [0.5, 0.6) is 0 Å². The van der Waals surface area contributed by atoms with E-state index in [1.54, 1.807) is 24.3 Å². The zero-order valence-corrected chi connectivity index (χ0v) is 13.8. The van der Waals surface area contributed by atoms with Crippen LogP contribution in [0.25, 0.3) is 4.96 Å². The molecule has 0 radical (unpaired) electrons. The van der Waals surface area contributed by atoms with Gasteiger partial charge in [0.1, 0.15) is 5.01 Å². The topological polar surface area (TPSA) is 72.2 Å². The van der Waals surface area contributed by atoms with E-state index in [1.165, 1.54) is 24.2 Å². The maximum Gasteiger partial charge on any atom is 0.251 e. The van der Waals surface area contributed by atoms with Crippen molar-refractivity contribution in [1.82, 2.24) is 25.1 Å². The van der Waals surface area contributed by atoms with Crippen molar-refractivity contribution in [1.29, 1.82) is 0 Å². The first-order valence-electron chi connectivity index (χ1n) is 7.45. The summed E-state index contributed by atoms with van der Waals surface area (Å²) in [5.41, 5.74) is 0.562. The maximum atomic E-state index is 12.0. The minimum atomic E-state index is -0.130. The Morgan fingerprint density at radius 1 is 1.39 bits per heavy atom. The molecule has 1 aliphatic carbocycles. The van der Waals surface area contributed by atoms with Gasteiger partial charge in [-0.3, -0.25) is 4.79 Å². The van der Waals surface area contributed by atoms with E-state index in [0.29, 0.717) is 29.5 Å². The van der Waals surface area contributed by atoms with Gasteiger partial charge in [0, 0.05) is 29.5 Å². The van der Waals surface area contributed by atoms with Gasteiger partial charge in [0.15, 0.2) is 5.82 Å². The van der Waals surface area contributed by atoms with Crippen molar-refractivity contribution in [2.75, 3.05) is 6.54 Å². The Labute approximate surface area is 141 Å². The number of benzene rings is 1. The van der Waals surface area contributed by atoms with Crippen LogP contribution < -0.4 is 5.32 Å². The van der Waals surface area contributed by atoms with Crippen molar-refractivity contribution in [3.63, 3.8) is 0 Å². The van der Waals surface area contributed by atoms with Crippen molar-refractivity contribution in [2.45, 2.75) is 25.2 Å². The minimum absolute atomic E-state index is 0.130. The Balaban J connectivity index is 1.38. The highest BCUT2D eigenvalue weighted by Gasteiger charge is 2.29. The lowest BCUT2D eigenvalue weighted by Crippen LogP contribution is -2.25. The van der Waals surface area contributed by atoms with E-state index in [-0.39, 0.29) is 5.91 Å². The summed E-state index contributed by atoms with van der Waals surface area (Å²) in [4.78, 5) is 12.9. The van der Waals surface area contributed by atoms with Crippen LogP contribution in [0.2, 0.25) is 5.02 Å². The van der Waals surface area contributed by atoms with Crippen LogP contribution in [0.15, 0.2) is 24.3 Å². The molecule has 1 aliphatic rings. The summed E-state index contributed by atoms with van der Waals surface area (Å²) in [6.45, 7) is 0.522. The monoisotopic (exact) mass is 347 g/mol. The van der Waals surface area contributed by atoms with Gasteiger partial charge < -0.3 is 5.32 Å². The first-order chi connectivity index (χ1) is 11.2. The van der Waals surface area contributed by atoms with Crippen LogP contribution in [-0.4, -0.2) is 32.3 Å². The molecule has 8 heteroatoms. The smallest absolute Gasteiger partial charge is 0.251 e. The number of fused-ring (bicyclic) bond motifs is 1. The van der Waals surface area contributed by atoms with Gasteiger partial charge >= 0.3 is 0 Å². The van der Waals surface area contributed by atoms with Gasteiger partial charge in [-0.05, 0) is 31.0 Å². The lowest BCUT2D eigenvalue weighted by atomic mass is 10.2. The molecule has 1 amide bonds. The van der Waals surface area contributed by atoms with Gasteiger partial charge in [-0.15, -0.1) is 10.2 Å². The number of nitrogens with one attached hydrogen (secondary N) is 1. The molecule has 118 valence electrons. The van der Waals surface area contributed by atoms with Crippen LogP contribution >= 0.6 is 22.9 Å². The number of hydrogen-bond donors (Lipinski definition) is 1. The number of halogens is 1. The number of amides is 1. The van der Waals surface area contributed by atoms with E-state index >= 15 is 0 Å². The van der Waals surface area contributed by atoms with Gasteiger partial charge in [0.2, 0.25) is 4.96 Å². The Hall–Kier alpha value is -1.99.